The van der Waals surface area contributed by atoms with Crippen LogP contribution in [-0.4, -0.2) is 114 Å². The van der Waals surface area contributed by atoms with Gasteiger partial charge in [-0.05, 0) is 27.7 Å². The van der Waals surface area contributed by atoms with Crippen molar-refractivity contribution in [3.8, 4) is 0 Å². The molecule has 10 atom stereocenters. The molecule has 0 radical (unpaired) electrons. The molecule has 15 nitrogen and oxygen atoms in total. The largest absolute Gasteiger partial charge is 0.463 e. The number of amides is 1. The maximum atomic E-state index is 12.8. The summed E-state index contributed by atoms with van der Waals surface area (Å²) in [6.07, 6.45) is -9.04. The second-order valence-corrected chi connectivity index (χ2v) is 13.8. The summed E-state index contributed by atoms with van der Waals surface area (Å²) >= 11 is 17.4. The number of halogens is 3. The third kappa shape index (κ3) is 8.43. The molecule has 4 saturated heterocycles. The quantitative estimate of drug-likeness (QED) is 0.220. The van der Waals surface area contributed by atoms with Crippen molar-refractivity contribution in [2.75, 3.05) is 13.2 Å². The highest BCUT2D eigenvalue weighted by molar-refractivity contribution is 6.76. The van der Waals surface area contributed by atoms with Gasteiger partial charge in [-0.2, -0.15) is 0 Å². The molecule has 0 aliphatic carbocycles. The van der Waals surface area contributed by atoms with Crippen LogP contribution < -0.4 is 5.32 Å². The van der Waals surface area contributed by atoms with Crippen LogP contribution in [0.2, 0.25) is 0 Å². The molecular formula is C26H36Cl3NO14. The highest BCUT2D eigenvalue weighted by Gasteiger charge is 2.61. The van der Waals surface area contributed by atoms with Crippen molar-refractivity contribution in [1.82, 2.24) is 5.32 Å². The molecule has 4 heterocycles. The summed E-state index contributed by atoms with van der Waals surface area (Å²) in [6.45, 7) is 9.65. The molecule has 4 aliphatic heterocycles. The number of fused-ring (bicyclic) bond motifs is 3. The normalized spacial score (nSPS) is 37.3. The Morgan fingerprint density at radius 2 is 1.30 bits per heavy atom. The van der Waals surface area contributed by atoms with Crippen molar-refractivity contribution < 1.29 is 66.5 Å². The third-order valence-corrected chi connectivity index (χ3v) is 7.45. The first-order valence-electron chi connectivity index (χ1n) is 13.8. The highest BCUT2D eigenvalue weighted by Crippen LogP contribution is 2.44. The van der Waals surface area contributed by atoms with E-state index in [0.29, 0.717) is 0 Å². The Labute approximate surface area is 268 Å². The van der Waals surface area contributed by atoms with Crippen LogP contribution in [0, 0.1) is 0 Å². The zero-order valence-corrected chi connectivity index (χ0v) is 27.3. The third-order valence-electron chi connectivity index (χ3n) is 6.93. The van der Waals surface area contributed by atoms with Gasteiger partial charge < -0.3 is 52.7 Å². The number of hydrogen-bond donors (Lipinski definition) is 1. The number of carbonyl (C=O) groups excluding carboxylic acids is 4. The van der Waals surface area contributed by atoms with Gasteiger partial charge in [-0.1, -0.05) is 34.8 Å². The molecule has 1 amide bonds. The van der Waals surface area contributed by atoms with E-state index in [4.69, 9.17) is 82.2 Å². The van der Waals surface area contributed by atoms with E-state index in [2.05, 4.69) is 5.32 Å². The number of ether oxygens (including phenoxy) is 10. The lowest BCUT2D eigenvalue weighted by Gasteiger charge is -2.45. The van der Waals surface area contributed by atoms with Gasteiger partial charge in [0, 0.05) is 20.8 Å². The lowest BCUT2D eigenvalue weighted by Crippen LogP contribution is -2.68. The first kappa shape index (κ1) is 35.3. The van der Waals surface area contributed by atoms with Crippen LogP contribution in [0.1, 0.15) is 48.5 Å². The molecule has 0 unspecified atom stereocenters. The Kier molecular flexibility index (Phi) is 10.7. The van der Waals surface area contributed by atoms with E-state index in [0.717, 1.165) is 20.8 Å². The summed E-state index contributed by atoms with van der Waals surface area (Å²) in [4.78, 5) is 48.7. The Balaban J connectivity index is 1.64. The molecule has 18 heteroatoms. The topological polar surface area (TPSA) is 173 Å². The summed E-state index contributed by atoms with van der Waals surface area (Å²) < 4.78 is 56.1. The van der Waals surface area contributed by atoms with Crippen LogP contribution in [0.3, 0.4) is 0 Å². The molecular weight excluding hydrogens is 657 g/mol. The molecule has 0 aromatic heterocycles. The Bertz CT molecular complexity index is 1120. The fraction of sp³-hybridized carbons (Fsp3) is 0.846. The molecule has 44 heavy (non-hydrogen) atoms. The molecule has 0 saturated carbocycles. The standard InChI is InChI=1S/C26H36Cl3NO14/c1-10(31)35-8-13-16(37-11(2)32)18(38-12(3)33)15(30-23(34)26(27,28)29)21(39-13)36-9-14-17-19(42-24(4,5)41-17)20-22(40-14)44-25(6,7)43-20/h13-22H,8-9H2,1-7H3,(H,30,34)/t13-,14-,15-,16-,17+,18+,19+,20-,21-,22-/m1/s1. The van der Waals surface area contributed by atoms with Crippen LogP contribution in [0.4, 0.5) is 0 Å². The summed E-state index contributed by atoms with van der Waals surface area (Å²) in [5, 5.41) is 2.45. The molecule has 0 aromatic rings. The van der Waals surface area contributed by atoms with E-state index in [9.17, 15) is 19.2 Å². The van der Waals surface area contributed by atoms with Crippen molar-refractivity contribution in [2.24, 2.45) is 0 Å². The number of nitrogens with one attached hydrogen (secondary N) is 1. The van der Waals surface area contributed by atoms with Gasteiger partial charge >= 0.3 is 17.9 Å². The van der Waals surface area contributed by atoms with Gasteiger partial charge in [-0.25, -0.2) is 0 Å². The minimum absolute atomic E-state index is 0.246. The van der Waals surface area contributed by atoms with Crippen LogP contribution in [-0.2, 0) is 66.5 Å². The average Bonchev–Trinajstić information content (AvgIpc) is 3.36. The maximum Gasteiger partial charge on any atom is 0.303 e. The van der Waals surface area contributed by atoms with E-state index in [-0.39, 0.29) is 6.61 Å². The smallest absolute Gasteiger partial charge is 0.303 e. The second kappa shape index (κ2) is 13.3. The van der Waals surface area contributed by atoms with Gasteiger partial charge in [-0.3, -0.25) is 19.2 Å². The fourth-order valence-electron chi connectivity index (χ4n) is 5.45. The first-order valence-corrected chi connectivity index (χ1v) is 14.9. The molecule has 0 bridgehead atoms. The van der Waals surface area contributed by atoms with E-state index in [1.807, 2.05) is 0 Å². The van der Waals surface area contributed by atoms with E-state index >= 15 is 0 Å². The summed E-state index contributed by atoms with van der Waals surface area (Å²) in [6, 6.07) is -1.41. The van der Waals surface area contributed by atoms with Gasteiger partial charge in [0.15, 0.2) is 36.4 Å². The second-order valence-electron chi connectivity index (χ2n) is 11.5. The minimum Gasteiger partial charge on any atom is -0.463 e. The van der Waals surface area contributed by atoms with Crippen molar-refractivity contribution in [2.45, 2.75) is 125 Å². The zero-order valence-electron chi connectivity index (χ0n) is 25.0. The monoisotopic (exact) mass is 691 g/mol. The number of esters is 3. The lowest BCUT2D eigenvalue weighted by atomic mass is 9.95. The molecule has 1 N–H and O–H groups in total. The number of carbonyl (C=O) groups is 4. The van der Waals surface area contributed by atoms with Crippen molar-refractivity contribution in [3.05, 3.63) is 0 Å². The Hall–Kier alpha value is -1.53. The van der Waals surface area contributed by atoms with E-state index in [1.165, 1.54) is 0 Å². The molecule has 4 rings (SSSR count). The fourth-order valence-corrected chi connectivity index (χ4v) is 5.61. The van der Waals surface area contributed by atoms with Gasteiger partial charge in [0.1, 0.15) is 43.2 Å². The molecule has 250 valence electrons. The molecule has 0 aromatic carbocycles. The van der Waals surface area contributed by atoms with Crippen LogP contribution >= 0.6 is 34.8 Å². The number of alkyl halides is 3. The zero-order chi connectivity index (χ0) is 32.8. The maximum absolute atomic E-state index is 12.8. The molecule has 0 spiro atoms. The van der Waals surface area contributed by atoms with Crippen LogP contribution in [0.5, 0.6) is 0 Å². The van der Waals surface area contributed by atoms with Crippen molar-refractivity contribution >= 4 is 58.6 Å². The summed E-state index contributed by atoms with van der Waals surface area (Å²) in [5.74, 6) is -5.33. The summed E-state index contributed by atoms with van der Waals surface area (Å²) in [5.41, 5.74) is 0. The van der Waals surface area contributed by atoms with Gasteiger partial charge in [0.2, 0.25) is 0 Å². The Morgan fingerprint density at radius 1 is 0.727 bits per heavy atom. The first-order chi connectivity index (χ1) is 20.3. The van der Waals surface area contributed by atoms with Crippen LogP contribution in [0.15, 0.2) is 0 Å². The van der Waals surface area contributed by atoms with E-state index in [1.54, 1.807) is 27.7 Å². The predicted molar refractivity (Wildman–Crippen MR) is 147 cm³/mol. The number of hydrogen-bond acceptors (Lipinski definition) is 14. The lowest BCUT2D eigenvalue weighted by molar-refractivity contribution is -0.296. The summed E-state index contributed by atoms with van der Waals surface area (Å²) in [7, 11) is 0. The van der Waals surface area contributed by atoms with Crippen molar-refractivity contribution in [3.63, 3.8) is 0 Å². The van der Waals surface area contributed by atoms with Gasteiger partial charge in [0.05, 0.1) is 6.61 Å². The van der Waals surface area contributed by atoms with E-state index < -0.39 is 107 Å². The van der Waals surface area contributed by atoms with Gasteiger partial charge in [-0.15, -0.1) is 0 Å². The van der Waals surface area contributed by atoms with Crippen molar-refractivity contribution in [1.29, 1.82) is 0 Å². The number of rotatable bonds is 8. The SMILES string of the molecule is CC(=O)OC[C@H]1O[C@@H](OC[C@H]2O[C@@H]3OC(C)(C)O[C@@H]3[C@H]3OC(C)(C)O[C@H]32)[C@H](NC(=O)C(Cl)(Cl)Cl)[C@H](OC(C)=O)[C@@H]1OC(C)=O. The van der Waals surface area contributed by atoms with Crippen LogP contribution in [0.25, 0.3) is 0 Å². The molecule has 4 aliphatic rings. The Morgan fingerprint density at radius 3 is 1.89 bits per heavy atom. The average molecular weight is 693 g/mol. The minimum atomic E-state index is -2.45. The highest BCUT2D eigenvalue weighted by atomic mass is 35.6. The van der Waals surface area contributed by atoms with Gasteiger partial charge in [0.25, 0.3) is 9.70 Å². The predicted octanol–water partition coefficient (Wildman–Crippen LogP) is 1.41. The molecule has 4 fully saturated rings.